The Kier molecular flexibility index (Phi) is 7.80. The van der Waals surface area contributed by atoms with Gasteiger partial charge < -0.3 is 14.8 Å². The van der Waals surface area contributed by atoms with Crippen LogP contribution in [-0.4, -0.2) is 32.6 Å². The predicted molar refractivity (Wildman–Crippen MR) is 139 cm³/mol. The van der Waals surface area contributed by atoms with E-state index in [-0.39, 0.29) is 12.1 Å². The number of hydrogen-bond donors (Lipinski definition) is 1. The highest BCUT2D eigenvalue weighted by Gasteiger charge is 2.35. The predicted octanol–water partition coefficient (Wildman–Crippen LogP) is 5.91. The molecule has 7 nitrogen and oxygen atoms in total. The summed E-state index contributed by atoms with van der Waals surface area (Å²) in [6.45, 7) is 10.2. The van der Waals surface area contributed by atoms with E-state index >= 15 is 0 Å². The van der Waals surface area contributed by atoms with Gasteiger partial charge in [-0.25, -0.2) is 9.48 Å². The number of hydrogen-bond acceptors (Lipinski definition) is 7. The van der Waals surface area contributed by atoms with E-state index in [4.69, 9.17) is 14.6 Å². The van der Waals surface area contributed by atoms with Crippen molar-refractivity contribution in [1.82, 2.24) is 14.8 Å². The summed E-state index contributed by atoms with van der Waals surface area (Å²) in [6, 6.07) is 15.6. The second kappa shape index (κ2) is 11.0. The Bertz CT molecular complexity index is 1200. The molecule has 1 unspecified atom stereocenters. The Morgan fingerprint density at radius 3 is 2.49 bits per heavy atom. The second-order valence-corrected chi connectivity index (χ2v) is 9.94. The Balaban J connectivity index is 1.62. The summed E-state index contributed by atoms with van der Waals surface area (Å²) >= 11 is 1.60. The zero-order chi connectivity index (χ0) is 24.9. The fourth-order valence-corrected chi connectivity index (χ4v) is 4.52. The van der Waals surface area contributed by atoms with Gasteiger partial charge in [0.2, 0.25) is 11.1 Å². The number of thioether (sulfide) groups is 1. The number of carbonyl (C=O) groups excluding carboxylic acids is 1. The lowest BCUT2D eigenvalue weighted by Crippen LogP contribution is -2.30. The fourth-order valence-electron chi connectivity index (χ4n) is 3.83. The molecular formula is C27H32N4O3S. The molecule has 0 bridgehead atoms. The fraction of sp³-hybridized carbons (Fsp3) is 0.370. The second-order valence-electron chi connectivity index (χ2n) is 8.87. The molecule has 0 saturated carbocycles. The Hall–Kier alpha value is -3.26. The van der Waals surface area contributed by atoms with Crippen LogP contribution in [0.5, 0.6) is 5.75 Å². The molecular weight excluding hydrogens is 460 g/mol. The number of nitrogens with zero attached hydrogens (tertiary/aromatic N) is 3. The Morgan fingerprint density at radius 2 is 1.83 bits per heavy atom. The summed E-state index contributed by atoms with van der Waals surface area (Å²) < 4.78 is 13.4. The van der Waals surface area contributed by atoms with E-state index in [9.17, 15) is 4.79 Å². The summed E-state index contributed by atoms with van der Waals surface area (Å²) in [5.41, 5.74) is 4.48. The van der Waals surface area contributed by atoms with E-state index in [0.29, 0.717) is 29.0 Å². The summed E-state index contributed by atoms with van der Waals surface area (Å²) in [6.07, 6.45) is 0.799. The van der Waals surface area contributed by atoms with Crippen LogP contribution < -0.4 is 10.1 Å². The van der Waals surface area contributed by atoms with Crippen LogP contribution in [0.4, 0.5) is 5.95 Å². The van der Waals surface area contributed by atoms with E-state index in [1.54, 1.807) is 16.4 Å². The first-order valence-corrected chi connectivity index (χ1v) is 12.9. The lowest BCUT2D eigenvalue weighted by molar-refractivity contribution is -0.143. The van der Waals surface area contributed by atoms with Gasteiger partial charge in [0, 0.05) is 11.4 Å². The van der Waals surface area contributed by atoms with Gasteiger partial charge in [0.15, 0.2) is 0 Å². The SMILES string of the molecule is CCCSc1nc2n(n1)C(c1ccc(OCc3ccc(C)cc3)cc1)C(C(=O)OC(C)C)=C(C)N2. The summed E-state index contributed by atoms with van der Waals surface area (Å²) in [5.74, 6) is 1.94. The van der Waals surface area contributed by atoms with Gasteiger partial charge in [-0.3, -0.25) is 0 Å². The van der Waals surface area contributed by atoms with Gasteiger partial charge in [0.25, 0.3) is 0 Å². The smallest absolute Gasteiger partial charge is 0.338 e. The van der Waals surface area contributed by atoms with Crippen LogP contribution in [0.15, 0.2) is 65.0 Å². The standard InChI is InChI=1S/C27H32N4O3S/c1-6-15-35-27-29-26-28-19(5)23(25(32)34-17(2)3)24(31(26)30-27)21-11-13-22(14-12-21)33-16-20-9-7-18(4)8-10-20/h7-14,17,24H,6,15-16H2,1-5H3,(H,28,29,30). The molecule has 4 rings (SSSR count). The van der Waals surface area contributed by atoms with Crippen molar-refractivity contribution in [3.8, 4) is 5.75 Å². The highest BCUT2D eigenvalue weighted by Crippen LogP contribution is 2.37. The number of carbonyl (C=O) groups is 1. The van der Waals surface area contributed by atoms with Crippen molar-refractivity contribution >= 4 is 23.7 Å². The molecule has 1 aromatic heterocycles. The maximum atomic E-state index is 13.1. The van der Waals surface area contributed by atoms with Crippen molar-refractivity contribution < 1.29 is 14.3 Å². The minimum absolute atomic E-state index is 0.228. The Morgan fingerprint density at radius 1 is 1.11 bits per heavy atom. The van der Waals surface area contributed by atoms with Crippen molar-refractivity contribution in [3.05, 3.63) is 76.5 Å². The average molecular weight is 493 g/mol. The molecule has 2 aromatic carbocycles. The van der Waals surface area contributed by atoms with Gasteiger partial charge in [-0.2, -0.15) is 4.98 Å². The first-order valence-electron chi connectivity index (χ1n) is 11.9. The van der Waals surface area contributed by atoms with Gasteiger partial charge in [0.05, 0.1) is 11.7 Å². The van der Waals surface area contributed by atoms with Crippen LogP contribution in [0.1, 0.15) is 56.8 Å². The Labute approximate surface area is 210 Å². The molecule has 1 N–H and O–H groups in total. The van der Waals surface area contributed by atoms with Crippen molar-refractivity contribution in [3.63, 3.8) is 0 Å². The van der Waals surface area contributed by atoms with E-state index in [1.165, 1.54) is 5.56 Å². The van der Waals surface area contributed by atoms with Crippen molar-refractivity contribution in [2.45, 2.75) is 64.9 Å². The summed E-state index contributed by atoms with van der Waals surface area (Å²) in [7, 11) is 0. The van der Waals surface area contributed by atoms with Crippen molar-refractivity contribution in [2.75, 3.05) is 11.1 Å². The highest BCUT2D eigenvalue weighted by molar-refractivity contribution is 7.99. The molecule has 35 heavy (non-hydrogen) atoms. The van der Waals surface area contributed by atoms with Crippen LogP contribution in [0.3, 0.4) is 0 Å². The monoisotopic (exact) mass is 492 g/mol. The third-order valence-corrected chi connectivity index (χ3v) is 6.60. The molecule has 8 heteroatoms. The number of rotatable bonds is 9. The average Bonchev–Trinajstić information content (AvgIpc) is 3.23. The van der Waals surface area contributed by atoms with Gasteiger partial charge in [-0.1, -0.05) is 60.6 Å². The van der Waals surface area contributed by atoms with Gasteiger partial charge in [-0.15, -0.1) is 5.10 Å². The zero-order valence-corrected chi connectivity index (χ0v) is 21.7. The zero-order valence-electron chi connectivity index (χ0n) is 20.9. The van der Waals surface area contributed by atoms with E-state index in [2.05, 4.69) is 48.4 Å². The number of ether oxygens (including phenoxy) is 2. The van der Waals surface area contributed by atoms with Crippen LogP contribution in [0.2, 0.25) is 0 Å². The maximum Gasteiger partial charge on any atom is 0.338 e. The molecule has 1 atom stereocenters. The number of benzene rings is 2. The molecule has 0 amide bonds. The number of aryl methyl sites for hydroxylation is 1. The number of fused-ring (bicyclic) bond motifs is 1. The third kappa shape index (κ3) is 5.88. The molecule has 0 fully saturated rings. The summed E-state index contributed by atoms with van der Waals surface area (Å²) in [4.78, 5) is 17.8. The first kappa shape index (κ1) is 24.9. The highest BCUT2D eigenvalue weighted by atomic mass is 32.2. The van der Waals surface area contributed by atoms with Gasteiger partial charge in [-0.05, 0) is 57.4 Å². The molecule has 0 radical (unpaired) electrons. The molecule has 1 aliphatic rings. The lowest BCUT2D eigenvalue weighted by atomic mass is 9.95. The number of aromatic nitrogens is 3. The molecule has 2 heterocycles. The lowest BCUT2D eigenvalue weighted by Gasteiger charge is -2.28. The molecule has 3 aromatic rings. The van der Waals surface area contributed by atoms with Gasteiger partial charge >= 0.3 is 5.97 Å². The molecule has 0 aliphatic carbocycles. The minimum atomic E-state index is -0.452. The number of nitrogens with one attached hydrogen (secondary N) is 1. The van der Waals surface area contributed by atoms with Gasteiger partial charge in [0.1, 0.15) is 18.4 Å². The van der Waals surface area contributed by atoms with Crippen LogP contribution in [0.25, 0.3) is 0 Å². The maximum absolute atomic E-state index is 13.1. The number of anilines is 1. The first-order chi connectivity index (χ1) is 16.9. The quantitative estimate of drug-likeness (QED) is 0.294. The van der Waals surface area contributed by atoms with Crippen LogP contribution in [-0.2, 0) is 16.1 Å². The number of esters is 1. The summed E-state index contributed by atoms with van der Waals surface area (Å²) in [5, 5.41) is 8.66. The van der Waals surface area contributed by atoms with E-state index < -0.39 is 6.04 Å². The molecule has 184 valence electrons. The topological polar surface area (TPSA) is 78.3 Å². The molecule has 0 saturated heterocycles. The van der Waals surface area contributed by atoms with Crippen molar-refractivity contribution in [2.24, 2.45) is 0 Å². The van der Waals surface area contributed by atoms with E-state index in [1.807, 2.05) is 45.0 Å². The van der Waals surface area contributed by atoms with E-state index in [0.717, 1.165) is 29.1 Å². The molecule has 0 spiro atoms. The van der Waals surface area contributed by atoms with Crippen LogP contribution >= 0.6 is 11.8 Å². The van der Waals surface area contributed by atoms with Crippen LogP contribution in [0, 0.1) is 6.92 Å². The normalized spacial score (nSPS) is 15.1. The third-order valence-electron chi connectivity index (χ3n) is 5.55. The van der Waals surface area contributed by atoms with Crippen molar-refractivity contribution in [1.29, 1.82) is 0 Å². The minimum Gasteiger partial charge on any atom is -0.489 e. The molecule has 1 aliphatic heterocycles. The number of allylic oxidation sites excluding steroid dienone is 1. The largest absolute Gasteiger partial charge is 0.489 e.